The van der Waals surface area contributed by atoms with Gasteiger partial charge >= 0.3 is 0 Å². The van der Waals surface area contributed by atoms with E-state index in [-0.39, 0.29) is 11.3 Å². The van der Waals surface area contributed by atoms with Crippen LogP contribution in [0.4, 0.5) is 0 Å². The molecule has 0 bridgehead atoms. The van der Waals surface area contributed by atoms with Crippen molar-refractivity contribution >= 4 is 21.3 Å². The summed E-state index contributed by atoms with van der Waals surface area (Å²) in [4.78, 5) is 0.0607. The monoisotopic (exact) mass is 388 g/mol. The van der Waals surface area contributed by atoms with Crippen molar-refractivity contribution in [3.8, 4) is 0 Å². The zero-order valence-electron chi connectivity index (χ0n) is 15.5. The first-order valence-electron chi connectivity index (χ1n) is 9.08. The van der Waals surface area contributed by atoms with Gasteiger partial charge in [-0.15, -0.1) is 0 Å². The molecule has 0 aromatic heterocycles. The van der Waals surface area contributed by atoms with E-state index in [2.05, 4.69) is 0 Å². The van der Waals surface area contributed by atoms with Crippen molar-refractivity contribution in [3.63, 3.8) is 0 Å². The van der Waals surface area contributed by atoms with E-state index in [0.717, 1.165) is 33.4 Å². The number of hydrogen-bond donors (Lipinski definition) is 1. The van der Waals surface area contributed by atoms with E-state index in [9.17, 15) is 13.0 Å². The van der Waals surface area contributed by atoms with Crippen molar-refractivity contribution in [3.05, 3.63) is 118 Å². The molecule has 0 heterocycles. The zero-order valence-corrected chi connectivity index (χ0v) is 16.3. The van der Waals surface area contributed by atoms with Crippen molar-refractivity contribution in [1.29, 1.82) is 0 Å². The maximum absolute atomic E-state index is 12.1. The number of allylic oxidation sites excluding steroid dienone is 3. The van der Waals surface area contributed by atoms with Crippen LogP contribution in [0.15, 0.2) is 95.4 Å². The highest BCUT2D eigenvalue weighted by atomic mass is 32.2. The van der Waals surface area contributed by atoms with Gasteiger partial charge in [0.15, 0.2) is 0 Å². The van der Waals surface area contributed by atoms with Gasteiger partial charge in [-0.05, 0) is 45.9 Å². The maximum atomic E-state index is 12.1. The van der Waals surface area contributed by atoms with Gasteiger partial charge in [0.1, 0.15) is 0 Å². The highest BCUT2D eigenvalue weighted by Gasteiger charge is 2.29. The van der Waals surface area contributed by atoms with E-state index in [1.165, 1.54) is 0 Å². The third-order valence-corrected chi connectivity index (χ3v) is 6.19. The Morgan fingerprint density at radius 2 is 1.29 bits per heavy atom. The lowest BCUT2D eigenvalue weighted by atomic mass is 9.80. The van der Waals surface area contributed by atoms with Crippen molar-refractivity contribution in [2.45, 2.75) is 13.3 Å². The van der Waals surface area contributed by atoms with Gasteiger partial charge in [0.2, 0.25) is 0 Å². The standard InChI is InChI=1S/C24H20O3S/c1-17-22(28(25,26)27)16-20-14-8-9-15-21(20)23(17)24(18-10-4-2-5-11-18)19-12-6-3-7-13-19/h2-15H,16H2,1H3,(H,25,26,27). The van der Waals surface area contributed by atoms with E-state index in [0.29, 0.717) is 5.57 Å². The van der Waals surface area contributed by atoms with Crippen LogP contribution in [0.5, 0.6) is 0 Å². The van der Waals surface area contributed by atoms with Crippen LogP contribution in [0.1, 0.15) is 29.2 Å². The highest BCUT2D eigenvalue weighted by molar-refractivity contribution is 7.89. The Morgan fingerprint density at radius 1 is 0.786 bits per heavy atom. The fourth-order valence-electron chi connectivity index (χ4n) is 3.84. The number of benzene rings is 3. The largest absolute Gasteiger partial charge is 0.291 e. The normalized spacial score (nSPS) is 14.0. The first-order valence-corrected chi connectivity index (χ1v) is 10.5. The Bertz CT molecular complexity index is 1150. The fraction of sp³-hybridized carbons (Fsp3) is 0.0833. The van der Waals surface area contributed by atoms with Crippen LogP contribution in [0.25, 0.3) is 11.1 Å². The molecule has 0 atom stereocenters. The smallest absolute Gasteiger partial charge is 0.282 e. The first-order chi connectivity index (χ1) is 13.5. The lowest BCUT2D eigenvalue weighted by Crippen LogP contribution is -2.15. The number of rotatable bonds is 3. The molecule has 0 saturated carbocycles. The quantitative estimate of drug-likeness (QED) is 0.614. The second-order valence-electron chi connectivity index (χ2n) is 6.84. The van der Waals surface area contributed by atoms with E-state index in [4.69, 9.17) is 0 Å². The van der Waals surface area contributed by atoms with Crippen LogP contribution in [0.2, 0.25) is 0 Å². The molecule has 4 heteroatoms. The predicted molar refractivity (Wildman–Crippen MR) is 113 cm³/mol. The van der Waals surface area contributed by atoms with Crippen molar-refractivity contribution in [2.75, 3.05) is 0 Å². The van der Waals surface area contributed by atoms with Gasteiger partial charge < -0.3 is 0 Å². The Kier molecular flexibility index (Phi) is 4.75. The minimum Gasteiger partial charge on any atom is -0.282 e. The maximum Gasteiger partial charge on any atom is 0.291 e. The van der Waals surface area contributed by atoms with Gasteiger partial charge in [-0.3, -0.25) is 4.55 Å². The topological polar surface area (TPSA) is 54.4 Å². The van der Waals surface area contributed by atoms with Crippen molar-refractivity contribution in [1.82, 2.24) is 0 Å². The molecule has 0 spiro atoms. The summed E-state index contributed by atoms with van der Waals surface area (Å²) >= 11 is 0. The average molecular weight is 388 g/mol. The Labute approximate surface area is 165 Å². The summed E-state index contributed by atoms with van der Waals surface area (Å²) < 4.78 is 34.1. The summed E-state index contributed by atoms with van der Waals surface area (Å²) in [5.74, 6) is 0. The number of fused-ring (bicyclic) bond motifs is 1. The minimum atomic E-state index is -4.30. The summed E-state index contributed by atoms with van der Waals surface area (Å²) in [6, 6.07) is 27.7. The van der Waals surface area contributed by atoms with Crippen LogP contribution in [0, 0.1) is 0 Å². The average Bonchev–Trinajstić information content (AvgIpc) is 2.70. The van der Waals surface area contributed by atoms with Gasteiger partial charge in [-0.2, -0.15) is 8.42 Å². The van der Waals surface area contributed by atoms with E-state index >= 15 is 0 Å². The molecule has 1 N–H and O–H groups in total. The zero-order chi connectivity index (χ0) is 19.7. The second-order valence-corrected chi connectivity index (χ2v) is 8.28. The third kappa shape index (κ3) is 3.33. The third-order valence-electron chi connectivity index (χ3n) is 5.12. The Balaban J connectivity index is 2.16. The summed E-state index contributed by atoms with van der Waals surface area (Å²) in [5.41, 5.74) is 6.25. The van der Waals surface area contributed by atoms with Crippen molar-refractivity contribution in [2.24, 2.45) is 0 Å². The van der Waals surface area contributed by atoms with Gasteiger partial charge in [-0.1, -0.05) is 84.9 Å². The van der Waals surface area contributed by atoms with Gasteiger partial charge in [0, 0.05) is 6.42 Å². The molecule has 1 aliphatic carbocycles. The molecule has 28 heavy (non-hydrogen) atoms. The van der Waals surface area contributed by atoms with Crippen LogP contribution in [-0.4, -0.2) is 13.0 Å². The van der Waals surface area contributed by atoms with Crippen molar-refractivity contribution < 1.29 is 13.0 Å². The Hall–Kier alpha value is -2.95. The summed E-state index contributed by atoms with van der Waals surface area (Å²) in [6.45, 7) is 1.78. The van der Waals surface area contributed by atoms with Crippen LogP contribution in [-0.2, 0) is 16.5 Å². The SMILES string of the molecule is CC1=C(S(=O)(=O)O)Cc2ccccc2C1=C(c1ccccc1)c1ccccc1. The molecule has 0 unspecified atom stereocenters. The summed E-state index contributed by atoms with van der Waals surface area (Å²) in [7, 11) is -4.30. The summed E-state index contributed by atoms with van der Waals surface area (Å²) in [5, 5.41) is 0. The predicted octanol–water partition coefficient (Wildman–Crippen LogP) is 5.36. The minimum absolute atomic E-state index is 0.0607. The lowest BCUT2D eigenvalue weighted by Gasteiger charge is -2.26. The molecule has 3 aromatic carbocycles. The lowest BCUT2D eigenvalue weighted by molar-refractivity contribution is 0.489. The molecule has 4 rings (SSSR count). The molecule has 0 radical (unpaired) electrons. The van der Waals surface area contributed by atoms with Gasteiger partial charge in [0.25, 0.3) is 10.1 Å². The molecular formula is C24H20O3S. The van der Waals surface area contributed by atoms with E-state index < -0.39 is 10.1 Å². The molecule has 0 amide bonds. The molecule has 3 aromatic rings. The molecule has 0 aliphatic heterocycles. The van der Waals surface area contributed by atoms with E-state index in [1.807, 2.05) is 84.9 Å². The molecule has 1 aliphatic rings. The van der Waals surface area contributed by atoms with Gasteiger partial charge in [-0.25, -0.2) is 0 Å². The van der Waals surface area contributed by atoms with Crippen LogP contribution < -0.4 is 0 Å². The Morgan fingerprint density at radius 3 is 1.82 bits per heavy atom. The summed E-state index contributed by atoms with van der Waals surface area (Å²) in [6.07, 6.45) is 0.196. The van der Waals surface area contributed by atoms with Gasteiger partial charge in [0.05, 0.1) is 4.91 Å². The molecule has 0 saturated heterocycles. The van der Waals surface area contributed by atoms with Crippen LogP contribution >= 0.6 is 0 Å². The number of hydrogen-bond acceptors (Lipinski definition) is 2. The molecule has 140 valence electrons. The van der Waals surface area contributed by atoms with E-state index in [1.54, 1.807) is 6.92 Å². The van der Waals surface area contributed by atoms with Crippen LogP contribution in [0.3, 0.4) is 0 Å². The second kappa shape index (κ2) is 7.23. The first kappa shape index (κ1) is 18.4. The molecular weight excluding hydrogens is 368 g/mol. The fourth-order valence-corrected chi connectivity index (χ4v) is 4.66. The highest BCUT2D eigenvalue weighted by Crippen LogP contribution is 2.43. The molecule has 0 fully saturated rings. The molecule has 3 nitrogen and oxygen atoms in total.